The van der Waals surface area contributed by atoms with Gasteiger partial charge in [-0.1, -0.05) is 98.8 Å². The molecule has 0 unspecified atom stereocenters. The van der Waals surface area contributed by atoms with Crippen LogP contribution in [-0.2, 0) is 5.41 Å². The molecule has 0 amide bonds. The maximum atomic E-state index is 6.42. The molecule has 29 heavy (non-hydrogen) atoms. The molecule has 6 rings (SSSR count). The number of ether oxygens (including phenoxy) is 1. The van der Waals surface area contributed by atoms with Gasteiger partial charge >= 0.3 is 0 Å². The lowest BCUT2D eigenvalue weighted by atomic mass is 9.77. The van der Waals surface area contributed by atoms with Crippen LogP contribution in [0.4, 0.5) is 0 Å². The van der Waals surface area contributed by atoms with Crippen molar-refractivity contribution in [1.29, 1.82) is 0 Å². The summed E-state index contributed by atoms with van der Waals surface area (Å²) in [6, 6.07) is 35.5. The molecule has 0 N–H and O–H groups in total. The van der Waals surface area contributed by atoms with E-state index in [0.717, 1.165) is 11.5 Å². The van der Waals surface area contributed by atoms with E-state index < -0.39 is 8.07 Å². The molecule has 2 aliphatic rings. The van der Waals surface area contributed by atoms with Crippen LogP contribution in [0.3, 0.4) is 0 Å². The number of rotatable bonds is 0. The number of para-hydroxylation sites is 2. The summed E-state index contributed by atoms with van der Waals surface area (Å²) in [5.74, 6) is 2.00. The lowest BCUT2D eigenvalue weighted by molar-refractivity contribution is 0.487. The highest BCUT2D eigenvalue weighted by Crippen LogP contribution is 2.38. The molecule has 0 aromatic heterocycles. The zero-order chi connectivity index (χ0) is 19.6. The molecule has 0 atom stereocenters. The molecule has 0 radical (unpaired) electrons. The Morgan fingerprint density at radius 1 is 0.517 bits per heavy atom. The third kappa shape index (κ3) is 1.99. The summed E-state index contributed by atoms with van der Waals surface area (Å²) in [6.45, 7) is 4.73. The van der Waals surface area contributed by atoms with Crippen molar-refractivity contribution in [2.75, 3.05) is 0 Å². The Balaban J connectivity index is 1.88. The molecule has 1 spiro atoms. The Bertz CT molecular complexity index is 1170. The minimum Gasteiger partial charge on any atom is -0.458 e. The zero-order valence-corrected chi connectivity index (χ0v) is 17.6. The smallest absolute Gasteiger partial charge is 0.188 e. The third-order valence-corrected chi connectivity index (χ3v) is 11.7. The topological polar surface area (TPSA) is 9.23 Å². The van der Waals surface area contributed by atoms with Crippen LogP contribution >= 0.6 is 0 Å². The molecule has 4 aromatic carbocycles. The molecule has 2 aliphatic heterocycles. The average molecular weight is 391 g/mol. The van der Waals surface area contributed by atoms with Crippen molar-refractivity contribution in [3.8, 4) is 11.5 Å². The van der Waals surface area contributed by atoms with Crippen molar-refractivity contribution in [3.63, 3.8) is 0 Å². The van der Waals surface area contributed by atoms with Gasteiger partial charge in [0.05, 0.1) is 0 Å². The second kappa shape index (κ2) is 5.71. The van der Waals surface area contributed by atoms with E-state index in [1.807, 2.05) is 0 Å². The van der Waals surface area contributed by atoms with Crippen molar-refractivity contribution < 1.29 is 4.74 Å². The summed E-state index contributed by atoms with van der Waals surface area (Å²) in [7, 11) is -2.47. The first kappa shape index (κ1) is 16.8. The van der Waals surface area contributed by atoms with Crippen molar-refractivity contribution in [2.24, 2.45) is 0 Å². The van der Waals surface area contributed by atoms with Crippen LogP contribution in [0, 0.1) is 0 Å². The standard InChI is InChI=1S/C27H22OSi/c1-27(2)19-11-3-7-15-23(19)29(24-16-8-4-12-20(24)27)25-17-9-5-13-21(25)28-22-14-6-10-18-26(22)29/h3-18H,1-2H3. The number of hydrogen-bond acceptors (Lipinski definition) is 1. The van der Waals surface area contributed by atoms with Crippen LogP contribution < -0.4 is 25.5 Å². The van der Waals surface area contributed by atoms with Crippen LogP contribution in [0.2, 0.25) is 0 Å². The van der Waals surface area contributed by atoms with Crippen molar-refractivity contribution >= 4 is 28.8 Å². The molecule has 0 aliphatic carbocycles. The summed E-state index contributed by atoms with van der Waals surface area (Å²) in [6.07, 6.45) is 0. The highest BCUT2D eigenvalue weighted by molar-refractivity contribution is 7.21. The van der Waals surface area contributed by atoms with Gasteiger partial charge in [-0.3, -0.25) is 0 Å². The van der Waals surface area contributed by atoms with E-state index in [0.29, 0.717) is 0 Å². The molecular formula is C27H22OSi. The fraction of sp³-hybridized carbons (Fsp3) is 0.111. The van der Waals surface area contributed by atoms with Crippen LogP contribution in [-0.4, -0.2) is 8.07 Å². The SMILES string of the molecule is CC1(C)c2ccccc2[Si]2(c3ccccc3Oc3ccccc32)c2ccccc21. The molecular weight excluding hydrogens is 368 g/mol. The molecule has 0 saturated carbocycles. The molecule has 2 heteroatoms. The number of hydrogen-bond donors (Lipinski definition) is 0. The lowest BCUT2D eigenvalue weighted by Gasteiger charge is -2.48. The summed E-state index contributed by atoms with van der Waals surface area (Å²) >= 11 is 0. The fourth-order valence-electron chi connectivity index (χ4n) is 5.58. The second-order valence-electron chi connectivity index (χ2n) is 8.56. The molecule has 4 aromatic rings. The monoisotopic (exact) mass is 390 g/mol. The minimum atomic E-state index is -2.47. The third-order valence-electron chi connectivity index (χ3n) is 6.81. The van der Waals surface area contributed by atoms with Crippen LogP contribution in [0.25, 0.3) is 0 Å². The normalized spacial score (nSPS) is 16.8. The van der Waals surface area contributed by atoms with Gasteiger partial charge in [0, 0.05) is 5.41 Å². The average Bonchev–Trinajstić information content (AvgIpc) is 2.77. The fourth-order valence-corrected chi connectivity index (χ4v) is 11.3. The predicted octanol–water partition coefficient (Wildman–Crippen LogP) is 3.81. The van der Waals surface area contributed by atoms with Gasteiger partial charge in [-0.25, -0.2) is 0 Å². The van der Waals surface area contributed by atoms with Crippen LogP contribution in [0.1, 0.15) is 25.0 Å². The zero-order valence-electron chi connectivity index (χ0n) is 16.6. The van der Waals surface area contributed by atoms with E-state index in [1.54, 1.807) is 0 Å². The van der Waals surface area contributed by atoms with Gasteiger partial charge in [0.2, 0.25) is 0 Å². The first-order valence-corrected chi connectivity index (χ1v) is 12.2. The maximum Gasteiger partial charge on any atom is 0.188 e. The Kier molecular flexibility index (Phi) is 3.31. The molecule has 0 saturated heterocycles. The summed E-state index contributed by atoms with van der Waals surface area (Å²) in [5.41, 5.74) is 2.85. The summed E-state index contributed by atoms with van der Waals surface area (Å²) < 4.78 is 6.42. The Morgan fingerprint density at radius 3 is 1.38 bits per heavy atom. The Hall–Kier alpha value is -3.10. The van der Waals surface area contributed by atoms with E-state index in [4.69, 9.17) is 4.74 Å². The molecule has 1 nitrogen and oxygen atoms in total. The lowest BCUT2D eigenvalue weighted by Crippen LogP contribution is -2.80. The highest BCUT2D eigenvalue weighted by Gasteiger charge is 2.54. The van der Waals surface area contributed by atoms with Crippen LogP contribution in [0.5, 0.6) is 11.5 Å². The van der Waals surface area contributed by atoms with Gasteiger partial charge in [-0.2, -0.15) is 0 Å². The van der Waals surface area contributed by atoms with E-state index in [-0.39, 0.29) is 5.41 Å². The van der Waals surface area contributed by atoms with Gasteiger partial charge in [-0.05, 0) is 44.0 Å². The summed E-state index contributed by atoms with van der Waals surface area (Å²) in [4.78, 5) is 0. The van der Waals surface area contributed by atoms with E-state index in [2.05, 4.69) is 111 Å². The molecule has 2 heterocycles. The first-order valence-electron chi connectivity index (χ1n) is 10.2. The minimum absolute atomic E-state index is 0.0341. The van der Waals surface area contributed by atoms with Gasteiger partial charge in [0.15, 0.2) is 8.07 Å². The summed E-state index contributed by atoms with van der Waals surface area (Å²) in [5, 5.41) is 5.70. The van der Waals surface area contributed by atoms with Gasteiger partial charge in [-0.15, -0.1) is 0 Å². The van der Waals surface area contributed by atoms with Crippen LogP contribution in [0.15, 0.2) is 97.1 Å². The van der Waals surface area contributed by atoms with Gasteiger partial charge in [0.25, 0.3) is 0 Å². The Labute approximate surface area is 172 Å². The van der Waals surface area contributed by atoms with E-state index in [1.165, 1.54) is 31.9 Å². The van der Waals surface area contributed by atoms with Crippen molar-refractivity contribution in [3.05, 3.63) is 108 Å². The second-order valence-corrected chi connectivity index (χ2v) is 12.2. The highest BCUT2D eigenvalue weighted by atomic mass is 28.3. The van der Waals surface area contributed by atoms with Gasteiger partial charge < -0.3 is 4.74 Å². The van der Waals surface area contributed by atoms with Crippen molar-refractivity contribution in [1.82, 2.24) is 0 Å². The predicted molar refractivity (Wildman–Crippen MR) is 122 cm³/mol. The van der Waals surface area contributed by atoms with Gasteiger partial charge in [0.1, 0.15) is 11.5 Å². The Morgan fingerprint density at radius 2 is 0.897 bits per heavy atom. The maximum absolute atomic E-state index is 6.42. The molecule has 140 valence electrons. The van der Waals surface area contributed by atoms with E-state index in [9.17, 15) is 0 Å². The quantitative estimate of drug-likeness (QED) is 0.365. The van der Waals surface area contributed by atoms with E-state index >= 15 is 0 Å². The van der Waals surface area contributed by atoms with Crippen molar-refractivity contribution in [2.45, 2.75) is 19.3 Å². The largest absolute Gasteiger partial charge is 0.458 e. The number of benzene rings is 4. The number of fused-ring (bicyclic) bond motifs is 8. The first-order chi connectivity index (χ1) is 14.1. The molecule has 0 bridgehead atoms. The molecule has 0 fully saturated rings.